The number of aryl methyl sites for hydroxylation is 1. The molecule has 3 rings (SSSR count). The number of amides is 1. The van der Waals surface area contributed by atoms with Crippen LogP contribution in [0.25, 0.3) is 11.0 Å². The highest BCUT2D eigenvalue weighted by Crippen LogP contribution is 2.25. The number of para-hydroxylation sites is 2. The van der Waals surface area contributed by atoms with Crippen LogP contribution in [0.1, 0.15) is 24.9 Å². The summed E-state index contributed by atoms with van der Waals surface area (Å²) in [6.45, 7) is 2.48. The Balaban J connectivity index is 1.67. The van der Waals surface area contributed by atoms with Crippen molar-refractivity contribution in [2.75, 3.05) is 5.75 Å². The Morgan fingerprint density at radius 1 is 1.33 bits per heavy atom. The second kappa shape index (κ2) is 8.94. The largest absolute Gasteiger partial charge is 0.349 e. The Morgan fingerprint density at radius 3 is 2.93 bits per heavy atom. The van der Waals surface area contributed by atoms with Crippen LogP contribution >= 0.6 is 23.4 Å². The molecular formula is C20H19ClN4OS. The minimum absolute atomic E-state index is 0.0774. The Kier molecular flexibility index (Phi) is 6.38. The third kappa shape index (κ3) is 4.82. The van der Waals surface area contributed by atoms with Gasteiger partial charge in [0, 0.05) is 11.6 Å². The number of hydrogen-bond donors (Lipinski definition) is 1. The molecule has 1 atom stereocenters. The van der Waals surface area contributed by atoms with Gasteiger partial charge in [-0.05, 0) is 36.8 Å². The molecule has 0 radical (unpaired) electrons. The molecule has 5 nitrogen and oxygen atoms in total. The van der Waals surface area contributed by atoms with Crippen molar-refractivity contribution < 1.29 is 4.79 Å². The molecule has 1 amide bonds. The van der Waals surface area contributed by atoms with Crippen LogP contribution in [-0.2, 0) is 11.3 Å². The minimum atomic E-state index is -0.130. The molecule has 1 aromatic heterocycles. The summed E-state index contributed by atoms with van der Waals surface area (Å²) >= 11 is 7.39. The van der Waals surface area contributed by atoms with E-state index in [2.05, 4.69) is 16.4 Å². The number of imidazole rings is 1. The third-order valence-electron chi connectivity index (χ3n) is 4.13. The molecular weight excluding hydrogens is 380 g/mol. The fraction of sp³-hybridized carbons (Fsp3) is 0.250. The van der Waals surface area contributed by atoms with Crippen LogP contribution < -0.4 is 5.32 Å². The summed E-state index contributed by atoms with van der Waals surface area (Å²) in [5.41, 5.74) is 2.80. The van der Waals surface area contributed by atoms with Gasteiger partial charge >= 0.3 is 0 Å². The average Bonchev–Trinajstić information content (AvgIpc) is 3.02. The van der Waals surface area contributed by atoms with E-state index in [1.807, 2.05) is 54.0 Å². The molecule has 1 heterocycles. The zero-order valence-corrected chi connectivity index (χ0v) is 16.4. The zero-order valence-electron chi connectivity index (χ0n) is 14.9. The smallest absolute Gasteiger partial charge is 0.230 e. The van der Waals surface area contributed by atoms with Gasteiger partial charge in [0.15, 0.2) is 5.16 Å². The van der Waals surface area contributed by atoms with E-state index < -0.39 is 0 Å². The molecule has 3 aromatic rings. The van der Waals surface area contributed by atoms with E-state index in [1.54, 1.807) is 6.07 Å². The molecule has 1 unspecified atom stereocenters. The Bertz CT molecular complexity index is 995. The molecule has 0 aliphatic heterocycles. The number of hydrogen-bond acceptors (Lipinski definition) is 4. The summed E-state index contributed by atoms with van der Waals surface area (Å²) in [6.07, 6.45) is 0.395. The molecule has 0 saturated carbocycles. The maximum Gasteiger partial charge on any atom is 0.230 e. The predicted molar refractivity (Wildman–Crippen MR) is 109 cm³/mol. The molecule has 1 N–H and O–H groups in total. The van der Waals surface area contributed by atoms with E-state index >= 15 is 0 Å². The maximum atomic E-state index is 12.4. The van der Waals surface area contributed by atoms with Gasteiger partial charge in [-0.1, -0.05) is 47.6 Å². The lowest BCUT2D eigenvalue weighted by Gasteiger charge is -2.14. The van der Waals surface area contributed by atoms with Gasteiger partial charge in [0.1, 0.15) is 0 Å². The number of fused-ring (bicyclic) bond motifs is 1. The van der Waals surface area contributed by atoms with Crippen molar-refractivity contribution >= 4 is 40.3 Å². The highest BCUT2D eigenvalue weighted by Gasteiger charge is 2.14. The van der Waals surface area contributed by atoms with Crippen LogP contribution in [0.3, 0.4) is 0 Å². The van der Waals surface area contributed by atoms with E-state index in [9.17, 15) is 4.79 Å². The van der Waals surface area contributed by atoms with Gasteiger partial charge in [-0.2, -0.15) is 5.26 Å². The van der Waals surface area contributed by atoms with Crippen molar-refractivity contribution in [3.05, 3.63) is 59.1 Å². The van der Waals surface area contributed by atoms with Crippen LogP contribution in [0.5, 0.6) is 0 Å². The Hall–Kier alpha value is -2.49. The lowest BCUT2D eigenvalue weighted by Crippen LogP contribution is -2.28. The number of benzene rings is 2. The van der Waals surface area contributed by atoms with Gasteiger partial charge in [0.05, 0.1) is 35.3 Å². The second-order valence-electron chi connectivity index (χ2n) is 6.08. The highest BCUT2D eigenvalue weighted by atomic mass is 35.5. The Morgan fingerprint density at radius 2 is 2.15 bits per heavy atom. The Labute approximate surface area is 167 Å². The fourth-order valence-electron chi connectivity index (χ4n) is 2.81. The van der Waals surface area contributed by atoms with Gasteiger partial charge in [-0.25, -0.2) is 4.98 Å². The van der Waals surface area contributed by atoms with Crippen molar-refractivity contribution in [2.24, 2.45) is 0 Å². The van der Waals surface area contributed by atoms with Crippen molar-refractivity contribution in [3.63, 3.8) is 0 Å². The normalized spacial score (nSPS) is 11.9. The molecule has 0 aliphatic carbocycles. The van der Waals surface area contributed by atoms with Gasteiger partial charge in [0.2, 0.25) is 5.91 Å². The monoisotopic (exact) mass is 398 g/mol. The summed E-state index contributed by atoms with van der Waals surface area (Å²) in [5.74, 6) is 0.173. The van der Waals surface area contributed by atoms with E-state index in [0.717, 1.165) is 21.8 Å². The zero-order chi connectivity index (χ0) is 19.2. The first kappa shape index (κ1) is 19.3. The van der Waals surface area contributed by atoms with Crippen LogP contribution in [0.15, 0.2) is 53.7 Å². The molecule has 0 saturated heterocycles. The number of nitrogens with one attached hydrogen (secondary N) is 1. The molecule has 138 valence electrons. The SMILES string of the molecule is CC(NC(=O)CSc1nc2ccccc2n1CCC#N)c1cccc(Cl)c1. The topological polar surface area (TPSA) is 70.7 Å². The van der Waals surface area contributed by atoms with Crippen LogP contribution in [0.4, 0.5) is 0 Å². The fourth-order valence-corrected chi connectivity index (χ4v) is 3.86. The number of carbonyl (C=O) groups excluding carboxylic acids is 1. The van der Waals surface area contributed by atoms with E-state index in [0.29, 0.717) is 18.0 Å². The highest BCUT2D eigenvalue weighted by molar-refractivity contribution is 7.99. The first-order chi connectivity index (χ1) is 13.1. The van der Waals surface area contributed by atoms with Gasteiger partial charge in [-0.15, -0.1) is 0 Å². The third-order valence-corrected chi connectivity index (χ3v) is 5.34. The number of halogens is 1. The molecule has 0 bridgehead atoms. The lowest BCUT2D eigenvalue weighted by atomic mass is 10.1. The molecule has 0 fully saturated rings. The molecule has 0 spiro atoms. The summed E-state index contributed by atoms with van der Waals surface area (Å²) in [5, 5.41) is 13.3. The van der Waals surface area contributed by atoms with Crippen molar-refractivity contribution in [3.8, 4) is 6.07 Å². The first-order valence-corrected chi connectivity index (χ1v) is 9.94. The number of nitriles is 1. The maximum absolute atomic E-state index is 12.4. The van der Waals surface area contributed by atoms with Crippen LogP contribution in [-0.4, -0.2) is 21.2 Å². The van der Waals surface area contributed by atoms with E-state index in [-0.39, 0.29) is 17.7 Å². The number of aromatic nitrogens is 2. The quantitative estimate of drug-likeness (QED) is 0.591. The van der Waals surface area contributed by atoms with Crippen molar-refractivity contribution in [2.45, 2.75) is 31.1 Å². The standard InChI is InChI=1S/C20H19ClN4OS/c1-14(15-6-4-7-16(21)12-15)23-19(26)13-27-20-24-17-8-2-3-9-18(17)25(20)11-5-10-22/h2-4,6-9,12,14H,5,11,13H2,1H3,(H,23,26). The van der Waals surface area contributed by atoms with Crippen LogP contribution in [0, 0.1) is 11.3 Å². The van der Waals surface area contributed by atoms with Crippen molar-refractivity contribution in [1.29, 1.82) is 5.26 Å². The molecule has 2 aromatic carbocycles. The molecule has 0 aliphatic rings. The average molecular weight is 399 g/mol. The summed E-state index contributed by atoms with van der Waals surface area (Å²) in [6, 6.07) is 17.3. The van der Waals surface area contributed by atoms with E-state index in [4.69, 9.17) is 16.9 Å². The second-order valence-corrected chi connectivity index (χ2v) is 7.45. The van der Waals surface area contributed by atoms with Crippen molar-refractivity contribution in [1.82, 2.24) is 14.9 Å². The van der Waals surface area contributed by atoms with Crippen LogP contribution in [0.2, 0.25) is 5.02 Å². The summed E-state index contributed by atoms with van der Waals surface area (Å²) < 4.78 is 2.00. The lowest BCUT2D eigenvalue weighted by molar-refractivity contribution is -0.119. The molecule has 7 heteroatoms. The number of nitrogens with zero attached hydrogens (tertiary/aromatic N) is 3. The predicted octanol–water partition coefficient (Wildman–Crippen LogP) is 4.57. The number of rotatable bonds is 7. The van der Waals surface area contributed by atoms with E-state index in [1.165, 1.54) is 11.8 Å². The first-order valence-electron chi connectivity index (χ1n) is 8.58. The summed E-state index contributed by atoms with van der Waals surface area (Å²) in [4.78, 5) is 17.0. The minimum Gasteiger partial charge on any atom is -0.349 e. The van der Waals surface area contributed by atoms with Gasteiger partial charge in [0.25, 0.3) is 0 Å². The number of carbonyl (C=O) groups is 1. The number of thioether (sulfide) groups is 1. The van der Waals surface area contributed by atoms with Gasteiger partial charge in [-0.3, -0.25) is 4.79 Å². The molecule has 27 heavy (non-hydrogen) atoms. The van der Waals surface area contributed by atoms with Gasteiger partial charge < -0.3 is 9.88 Å². The summed E-state index contributed by atoms with van der Waals surface area (Å²) in [7, 11) is 0.